The van der Waals surface area contributed by atoms with Crippen LogP contribution in [0.1, 0.15) is 0 Å². The van der Waals surface area contributed by atoms with Gasteiger partial charge in [-0.3, -0.25) is 0 Å². The van der Waals surface area contributed by atoms with Crippen LogP contribution in [-0.2, 0) is 10.0 Å². The molecule has 0 aliphatic heterocycles. The van der Waals surface area contributed by atoms with Gasteiger partial charge in [0, 0.05) is 15.4 Å². The van der Waals surface area contributed by atoms with Gasteiger partial charge in [-0.25, -0.2) is 0 Å². The lowest BCUT2D eigenvalue weighted by molar-refractivity contribution is 0.543. The Hall–Kier alpha value is -2.70. The maximum absolute atomic E-state index is 12.7. The summed E-state index contributed by atoms with van der Waals surface area (Å²) in [6.07, 6.45) is 0. The number of hydrogen-bond donors (Lipinski definition) is 0. The van der Waals surface area contributed by atoms with Gasteiger partial charge in [-0.1, -0.05) is 64.5 Å². The molecule has 4 aromatic rings. The maximum atomic E-state index is 12.7. The number of nitrogens with zero attached hydrogens (tertiary/aromatic N) is 1. The Morgan fingerprint density at radius 2 is 1.48 bits per heavy atom. The number of hydrogen-bond acceptors (Lipinski definition) is 3. The average Bonchev–Trinajstić information content (AvgIpc) is 2.69. The molecule has 0 saturated heterocycles. The van der Waals surface area contributed by atoms with Gasteiger partial charge in [-0.15, -0.1) is 4.40 Å². The maximum Gasteiger partial charge on any atom is 0.285 e. The van der Waals surface area contributed by atoms with Crippen LogP contribution in [0.25, 0.3) is 22.1 Å². The number of halogens is 1. The SMILES string of the molecule is O=S(=O)(/N=c1\oc2ccccc2cc1-c1ccc(Br)cc1)c1ccccc1. The van der Waals surface area contributed by atoms with Crippen LogP contribution in [0.5, 0.6) is 0 Å². The average molecular weight is 440 g/mol. The molecule has 0 bridgehead atoms. The zero-order valence-electron chi connectivity index (χ0n) is 14.0. The second kappa shape index (κ2) is 7.13. The lowest BCUT2D eigenvalue weighted by Gasteiger charge is -2.06. The van der Waals surface area contributed by atoms with Crippen LogP contribution in [-0.4, -0.2) is 8.42 Å². The van der Waals surface area contributed by atoms with Gasteiger partial charge in [0.1, 0.15) is 5.58 Å². The van der Waals surface area contributed by atoms with E-state index in [1.54, 1.807) is 24.3 Å². The molecule has 0 unspecified atom stereocenters. The van der Waals surface area contributed by atoms with Crippen molar-refractivity contribution < 1.29 is 12.8 Å². The molecule has 1 aromatic heterocycles. The smallest absolute Gasteiger partial charge is 0.285 e. The normalized spacial score (nSPS) is 12.4. The highest BCUT2D eigenvalue weighted by molar-refractivity contribution is 9.10. The Morgan fingerprint density at radius 1 is 0.815 bits per heavy atom. The van der Waals surface area contributed by atoms with Crippen molar-refractivity contribution in [1.82, 2.24) is 0 Å². The molecule has 27 heavy (non-hydrogen) atoms. The summed E-state index contributed by atoms with van der Waals surface area (Å²) in [7, 11) is -3.90. The van der Waals surface area contributed by atoms with Crippen molar-refractivity contribution in [3.05, 3.63) is 95.0 Å². The van der Waals surface area contributed by atoms with Gasteiger partial charge in [0.2, 0.25) is 5.55 Å². The first-order valence-corrected chi connectivity index (χ1v) is 10.4. The van der Waals surface area contributed by atoms with Crippen LogP contribution < -0.4 is 5.55 Å². The van der Waals surface area contributed by atoms with E-state index < -0.39 is 10.0 Å². The highest BCUT2D eigenvalue weighted by Gasteiger charge is 2.14. The minimum Gasteiger partial charge on any atom is -0.437 e. The third-order valence-corrected chi connectivity index (χ3v) is 5.86. The van der Waals surface area contributed by atoms with E-state index in [1.807, 2.05) is 48.5 Å². The van der Waals surface area contributed by atoms with E-state index >= 15 is 0 Å². The lowest BCUT2D eigenvalue weighted by atomic mass is 10.1. The molecule has 0 radical (unpaired) electrons. The second-order valence-electron chi connectivity index (χ2n) is 5.89. The summed E-state index contributed by atoms with van der Waals surface area (Å²) >= 11 is 3.41. The highest BCUT2D eigenvalue weighted by atomic mass is 79.9. The predicted octanol–water partition coefficient (Wildman–Crippen LogP) is 5.15. The molecule has 0 amide bonds. The largest absolute Gasteiger partial charge is 0.437 e. The van der Waals surface area contributed by atoms with Crippen molar-refractivity contribution in [2.45, 2.75) is 4.90 Å². The zero-order valence-corrected chi connectivity index (χ0v) is 16.4. The molecular weight excluding hydrogens is 426 g/mol. The Balaban J connectivity index is 2.01. The molecular formula is C21H14BrNO3S. The van der Waals surface area contributed by atoms with Crippen molar-refractivity contribution in [1.29, 1.82) is 0 Å². The first-order chi connectivity index (χ1) is 13.0. The molecule has 134 valence electrons. The molecule has 3 aromatic carbocycles. The van der Waals surface area contributed by atoms with E-state index in [2.05, 4.69) is 20.3 Å². The Labute approximate surface area is 165 Å². The van der Waals surface area contributed by atoms with Gasteiger partial charge < -0.3 is 4.42 Å². The van der Waals surface area contributed by atoms with E-state index in [1.165, 1.54) is 12.1 Å². The third kappa shape index (κ3) is 3.72. The van der Waals surface area contributed by atoms with Crippen molar-refractivity contribution in [2.24, 2.45) is 4.40 Å². The standard InChI is InChI=1S/C21H14BrNO3S/c22-17-12-10-15(11-13-17)19-14-16-6-4-5-9-20(16)26-21(19)23-27(24,25)18-7-2-1-3-8-18/h1-14H/b23-21-. The van der Waals surface area contributed by atoms with E-state index in [4.69, 9.17) is 4.42 Å². The Morgan fingerprint density at radius 3 is 2.22 bits per heavy atom. The first kappa shape index (κ1) is 17.7. The van der Waals surface area contributed by atoms with E-state index in [0.29, 0.717) is 11.1 Å². The topological polar surface area (TPSA) is 59.6 Å². The molecule has 0 aliphatic carbocycles. The molecule has 0 fully saturated rings. The third-order valence-electron chi connectivity index (χ3n) is 4.06. The monoisotopic (exact) mass is 439 g/mol. The minimum atomic E-state index is -3.90. The van der Waals surface area contributed by atoms with E-state index in [0.717, 1.165) is 15.4 Å². The van der Waals surface area contributed by atoms with Gasteiger partial charge in [0.05, 0.1) is 4.90 Å². The van der Waals surface area contributed by atoms with Crippen LogP contribution >= 0.6 is 15.9 Å². The molecule has 0 N–H and O–H groups in total. The number of fused-ring (bicyclic) bond motifs is 1. The molecule has 0 spiro atoms. The minimum absolute atomic E-state index is 0.0554. The summed E-state index contributed by atoms with van der Waals surface area (Å²) in [5.41, 5.74) is 2.05. The van der Waals surface area contributed by atoms with Gasteiger partial charge in [0.25, 0.3) is 10.0 Å². The first-order valence-electron chi connectivity index (χ1n) is 8.18. The molecule has 0 atom stereocenters. The number of sulfonamides is 1. The van der Waals surface area contributed by atoms with Crippen molar-refractivity contribution in [3.8, 4) is 11.1 Å². The number of para-hydroxylation sites is 1. The molecule has 4 rings (SSSR count). The lowest BCUT2D eigenvalue weighted by Crippen LogP contribution is -2.10. The molecule has 6 heteroatoms. The van der Waals surface area contributed by atoms with Crippen molar-refractivity contribution in [2.75, 3.05) is 0 Å². The summed E-state index contributed by atoms with van der Waals surface area (Å²) in [5, 5.41) is 0.867. The van der Waals surface area contributed by atoms with Crippen molar-refractivity contribution >= 4 is 36.9 Å². The van der Waals surface area contributed by atoms with E-state index in [-0.39, 0.29) is 10.4 Å². The van der Waals surface area contributed by atoms with Crippen LogP contribution in [0.3, 0.4) is 0 Å². The summed E-state index contributed by atoms with van der Waals surface area (Å²) in [6, 6.07) is 25.0. The fourth-order valence-corrected chi connectivity index (χ4v) is 3.95. The predicted molar refractivity (Wildman–Crippen MR) is 109 cm³/mol. The Bertz CT molecular complexity index is 1280. The van der Waals surface area contributed by atoms with Gasteiger partial charge in [0.15, 0.2) is 0 Å². The van der Waals surface area contributed by atoms with E-state index in [9.17, 15) is 8.42 Å². The Kier molecular flexibility index (Phi) is 4.68. The number of benzene rings is 3. The van der Waals surface area contributed by atoms with Crippen LogP contribution in [0.15, 0.2) is 103 Å². The summed E-state index contributed by atoms with van der Waals surface area (Å²) in [4.78, 5) is 0.120. The molecule has 0 aliphatic rings. The van der Waals surface area contributed by atoms with Gasteiger partial charge in [-0.2, -0.15) is 8.42 Å². The summed E-state index contributed by atoms with van der Waals surface area (Å²) < 4.78 is 36.3. The summed E-state index contributed by atoms with van der Waals surface area (Å²) in [5.74, 6) is 0. The summed E-state index contributed by atoms with van der Waals surface area (Å²) in [6.45, 7) is 0. The van der Waals surface area contributed by atoms with Crippen LogP contribution in [0.2, 0.25) is 0 Å². The van der Waals surface area contributed by atoms with Gasteiger partial charge >= 0.3 is 0 Å². The quantitative estimate of drug-likeness (QED) is 0.443. The van der Waals surface area contributed by atoms with Gasteiger partial charge in [-0.05, 0) is 42.0 Å². The highest BCUT2D eigenvalue weighted by Crippen LogP contribution is 2.23. The van der Waals surface area contributed by atoms with Crippen LogP contribution in [0.4, 0.5) is 0 Å². The fraction of sp³-hybridized carbons (Fsp3) is 0. The molecule has 1 heterocycles. The van der Waals surface area contributed by atoms with Crippen molar-refractivity contribution in [3.63, 3.8) is 0 Å². The number of rotatable bonds is 3. The fourth-order valence-electron chi connectivity index (χ4n) is 2.73. The zero-order chi connectivity index (χ0) is 18.9. The van der Waals surface area contributed by atoms with Crippen LogP contribution in [0, 0.1) is 0 Å². The second-order valence-corrected chi connectivity index (χ2v) is 8.41. The molecule has 0 saturated carbocycles. The molecule has 4 nitrogen and oxygen atoms in total.